The third-order valence-corrected chi connectivity index (χ3v) is 1.88. The number of hydrogen-bond donors (Lipinski definition) is 1. The molecule has 0 aliphatic heterocycles. The third-order valence-electron chi connectivity index (χ3n) is 1.88. The molecule has 0 aliphatic rings. The standard InChI is InChI=1S/C10H16N2O2/c1-7(2)10(13)11-5-4-9-6-8(3)14-12-9/h6-7H,4-5H2,1-3H3,(H,11,13). The Morgan fingerprint density at radius 2 is 2.36 bits per heavy atom. The number of rotatable bonds is 4. The highest BCUT2D eigenvalue weighted by atomic mass is 16.5. The second kappa shape index (κ2) is 4.79. The molecule has 0 aliphatic carbocycles. The molecule has 0 fully saturated rings. The number of aryl methyl sites for hydroxylation is 1. The van der Waals surface area contributed by atoms with Crippen molar-refractivity contribution in [2.75, 3.05) is 6.54 Å². The third kappa shape index (κ3) is 3.20. The van der Waals surface area contributed by atoms with E-state index in [0.29, 0.717) is 6.54 Å². The summed E-state index contributed by atoms with van der Waals surface area (Å²) in [5, 5.41) is 6.65. The summed E-state index contributed by atoms with van der Waals surface area (Å²) in [5.41, 5.74) is 0.881. The average molecular weight is 196 g/mol. The summed E-state index contributed by atoms with van der Waals surface area (Å²) in [6, 6.07) is 1.88. The zero-order valence-electron chi connectivity index (χ0n) is 8.83. The van der Waals surface area contributed by atoms with Crippen molar-refractivity contribution >= 4 is 5.91 Å². The zero-order chi connectivity index (χ0) is 10.6. The van der Waals surface area contributed by atoms with Gasteiger partial charge in [-0.05, 0) is 6.92 Å². The number of nitrogens with one attached hydrogen (secondary N) is 1. The molecule has 4 nitrogen and oxygen atoms in total. The molecule has 0 radical (unpaired) electrons. The molecule has 1 heterocycles. The highest BCUT2D eigenvalue weighted by Crippen LogP contribution is 2.01. The van der Waals surface area contributed by atoms with Crippen LogP contribution in [0.1, 0.15) is 25.3 Å². The minimum absolute atomic E-state index is 0.0362. The molecule has 0 aromatic carbocycles. The summed E-state index contributed by atoms with van der Waals surface area (Å²) in [5.74, 6) is 0.912. The van der Waals surface area contributed by atoms with Crippen LogP contribution in [-0.4, -0.2) is 17.6 Å². The zero-order valence-corrected chi connectivity index (χ0v) is 8.83. The molecule has 78 valence electrons. The maximum absolute atomic E-state index is 11.2. The van der Waals surface area contributed by atoms with Crippen molar-refractivity contribution in [3.8, 4) is 0 Å². The van der Waals surface area contributed by atoms with Gasteiger partial charge in [0.15, 0.2) is 0 Å². The van der Waals surface area contributed by atoms with Gasteiger partial charge in [-0.15, -0.1) is 0 Å². The fourth-order valence-corrected chi connectivity index (χ4v) is 1.05. The van der Waals surface area contributed by atoms with Crippen LogP contribution >= 0.6 is 0 Å². The smallest absolute Gasteiger partial charge is 0.222 e. The fraction of sp³-hybridized carbons (Fsp3) is 0.600. The van der Waals surface area contributed by atoms with Crippen molar-refractivity contribution in [2.45, 2.75) is 27.2 Å². The highest BCUT2D eigenvalue weighted by molar-refractivity contribution is 5.77. The van der Waals surface area contributed by atoms with E-state index >= 15 is 0 Å². The van der Waals surface area contributed by atoms with Crippen molar-refractivity contribution in [1.82, 2.24) is 10.5 Å². The lowest BCUT2D eigenvalue weighted by molar-refractivity contribution is -0.123. The molecule has 14 heavy (non-hydrogen) atoms. The van der Waals surface area contributed by atoms with Crippen LogP contribution < -0.4 is 5.32 Å². The quantitative estimate of drug-likeness (QED) is 0.789. The summed E-state index contributed by atoms with van der Waals surface area (Å²) in [6.45, 7) is 6.21. The van der Waals surface area contributed by atoms with Gasteiger partial charge >= 0.3 is 0 Å². The molecule has 1 aromatic rings. The summed E-state index contributed by atoms with van der Waals surface area (Å²) in [4.78, 5) is 11.2. The van der Waals surface area contributed by atoms with Crippen LogP contribution in [0.2, 0.25) is 0 Å². The molecule has 0 bridgehead atoms. The van der Waals surface area contributed by atoms with Gasteiger partial charge in [-0.2, -0.15) is 0 Å². The molecule has 1 amide bonds. The molecule has 0 spiro atoms. The van der Waals surface area contributed by atoms with Crippen molar-refractivity contribution in [3.05, 3.63) is 17.5 Å². The number of carbonyl (C=O) groups is 1. The highest BCUT2D eigenvalue weighted by Gasteiger charge is 2.06. The van der Waals surface area contributed by atoms with Gasteiger partial charge in [-0.25, -0.2) is 0 Å². The van der Waals surface area contributed by atoms with Gasteiger partial charge in [0, 0.05) is 24.9 Å². The minimum atomic E-state index is 0.0362. The SMILES string of the molecule is Cc1cc(CCNC(=O)C(C)C)no1. The van der Waals surface area contributed by atoms with Crippen LogP contribution in [0.3, 0.4) is 0 Å². The summed E-state index contributed by atoms with van der Waals surface area (Å²) in [7, 11) is 0. The van der Waals surface area contributed by atoms with Crippen molar-refractivity contribution in [3.63, 3.8) is 0 Å². The predicted molar refractivity (Wildman–Crippen MR) is 52.8 cm³/mol. The van der Waals surface area contributed by atoms with Crippen molar-refractivity contribution in [1.29, 1.82) is 0 Å². The molecular weight excluding hydrogens is 180 g/mol. The molecule has 0 unspecified atom stereocenters. The molecule has 1 aromatic heterocycles. The maximum atomic E-state index is 11.2. The summed E-state index contributed by atoms with van der Waals surface area (Å²) in [6.07, 6.45) is 0.718. The molecule has 4 heteroatoms. The Balaban J connectivity index is 2.25. The number of aromatic nitrogens is 1. The molecule has 0 saturated heterocycles. The summed E-state index contributed by atoms with van der Waals surface area (Å²) < 4.78 is 4.91. The van der Waals surface area contributed by atoms with Crippen LogP contribution in [0.5, 0.6) is 0 Å². The van der Waals surface area contributed by atoms with E-state index in [0.717, 1.165) is 17.9 Å². The Kier molecular flexibility index (Phi) is 3.68. The number of hydrogen-bond acceptors (Lipinski definition) is 3. The van der Waals surface area contributed by atoms with Crippen LogP contribution in [0.4, 0.5) is 0 Å². The summed E-state index contributed by atoms with van der Waals surface area (Å²) >= 11 is 0. The number of carbonyl (C=O) groups excluding carboxylic acids is 1. The lowest BCUT2D eigenvalue weighted by Crippen LogP contribution is -2.29. The first-order valence-corrected chi connectivity index (χ1v) is 4.79. The second-order valence-corrected chi connectivity index (χ2v) is 3.62. The predicted octanol–water partition coefficient (Wildman–Crippen LogP) is 1.30. The normalized spacial score (nSPS) is 10.6. The van der Waals surface area contributed by atoms with Crippen LogP contribution in [0, 0.1) is 12.8 Å². The number of amides is 1. The lowest BCUT2D eigenvalue weighted by atomic mass is 10.2. The second-order valence-electron chi connectivity index (χ2n) is 3.62. The van der Waals surface area contributed by atoms with Gasteiger partial charge in [0.2, 0.25) is 5.91 Å². The van der Waals surface area contributed by atoms with Crippen molar-refractivity contribution < 1.29 is 9.32 Å². The average Bonchev–Trinajstić information content (AvgIpc) is 2.51. The molecule has 0 atom stereocenters. The first kappa shape index (κ1) is 10.8. The lowest BCUT2D eigenvalue weighted by Gasteiger charge is -2.05. The van der Waals surface area contributed by atoms with Crippen LogP contribution in [0.15, 0.2) is 10.6 Å². The van der Waals surface area contributed by atoms with E-state index in [4.69, 9.17) is 4.52 Å². The Hall–Kier alpha value is -1.32. The van der Waals surface area contributed by atoms with Gasteiger partial charge in [-0.1, -0.05) is 19.0 Å². The number of nitrogens with zero attached hydrogens (tertiary/aromatic N) is 1. The molecule has 1 rings (SSSR count). The topological polar surface area (TPSA) is 55.1 Å². The Morgan fingerprint density at radius 1 is 1.64 bits per heavy atom. The monoisotopic (exact) mass is 196 g/mol. The van der Waals surface area contributed by atoms with Gasteiger partial charge in [0.25, 0.3) is 0 Å². The molecule has 0 saturated carbocycles. The Labute approximate surface area is 83.7 Å². The first-order chi connectivity index (χ1) is 6.59. The molecule has 1 N–H and O–H groups in total. The van der Waals surface area contributed by atoms with E-state index in [-0.39, 0.29) is 11.8 Å². The van der Waals surface area contributed by atoms with E-state index in [1.54, 1.807) is 0 Å². The van der Waals surface area contributed by atoms with Gasteiger partial charge in [0.05, 0.1) is 5.69 Å². The van der Waals surface area contributed by atoms with Gasteiger partial charge < -0.3 is 9.84 Å². The van der Waals surface area contributed by atoms with E-state index in [2.05, 4.69) is 10.5 Å². The Morgan fingerprint density at radius 3 is 2.86 bits per heavy atom. The fourth-order valence-electron chi connectivity index (χ4n) is 1.05. The van der Waals surface area contributed by atoms with Gasteiger partial charge in [-0.3, -0.25) is 4.79 Å². The van der Waals surface area contributed by atoms with E-state index in [1.807, 2.05) is 26.8 Å². The van der Waals surface area contributed by atoms with E-state index in [1.165, 1.54) is 0 Å². The minimum Gasteiger partial charge on any atom is -0.361 e. The molecular formula is C10H16N2O2. The maximum Gasteiger partial charge on any atom is 0.222 e. The van der Waals surface area contributed by atoms with Crippen LogP contribution in [-0.2, 0) is 11.2 Å². The van der Waals surface area contributed by atoms with E-state index in [9.17, 15) is 4.79 Å². The van der Waals surface area contributed by atoms with Crippen molar-refractivity contribution in [2.24, 2.45) is 5.92 Å². The Bertz CT molecular complexity index is 305. The first-order valence-electron chi connectivity index (χ1n) is 4.79. The largest absolute Gasteiger partial charge is 0.361 e. The van der Waals surface area contributed by atoms with Crippen LogP contribution in [0.25, 0.3) is 0 Å². The van der Waals surface area contributed by atoms with E-state index < -0.39 is 0 Å². The van der Waals surface area contributed by atoms with Gasteiger partial charge in [0.1, 0.15) is 5.76 Å².